The first-order chi connectivity index (χ1) is 12.1. The number of nitrogens with one attached hydrogen (secondary N) is 2. The van der Waals surface area contributed by atoms with Gasteiger partial charge in [0.2, 0.25) is 0 Å². The molecular formula is C14H8ClF3N4O3S. The number of rotatable bonds is 3. The lowest BCUT2D eigenvalue weighted by molar-refractivity contribution is -0.384. The number of carbonyl (C=O) groups is 1. The molecule has 0 atom stereocenters. The number of nitro benzene ring substituents is 1. The van der Waals surface area contributed by atoms with Crippen molar-refractivity contribution in [3.63, 3.8) is 0 Å². The molecule has 0 aliphatic rings. The Morgan fingerprint density at radius 3 is 2.38 bits per heavy atom. The van der Waals surface area contributed by atoms with Crippen LogP contribution in [-0.4, -0.2) is 20.9 Å². The number of anilines is 1. The first kappa shape index (κ1) is 19.5. The highest BCUT2D eigenvalue weighted by molar-refractivity contribution is 7.80. The molecule has 0 spiro atoms. The molecule has 0 saturated carbocycles. The van der Waals surface area contributed by atoms with Crippen molar-refractivity contribution in [1.29, 1.82) is 0 Å². The molecule has 7 nitrogen and oxygen atoms in total. The van der Waals surface area contributed by atoms with Crippen LogP contribution < -0.4 is 10.6 Å². The number of hydrogen-bond donors (Lipinski definition) is 2. The van der Waals surface area contributed by atoms with Crippen molar-refractivity contribution >= 4 is 46.3 Å². The fourth-order valence-corrected chi connectivity index (χ4v) is 2.14. The number of amides is 1. The van der Waals surface area contributed by atoms with Gasteiger partial charge in [0, 0.05) is 23.9 Å². The smallest absolute Gasteiger partial charge is 0.316 e. The summed E-state index contributed by atoms with van der Waals surface area (Å²) in [7, 11) is 0. The molecule has 0 fully saturated rings. The van der Waals surface area contributed by atoms with Gasteiger partial charge in [0.05, 0.1) is 15.5 Å². The van der Waals surface area contributed by atoms with E-state index in [4.69, 9.17) is 23.8 Å². The van der Waals surface area contributed by atoms with E-state index in [9.17, 15) is 28.1 Å². The highest BCUT2D eigenvalue weighted by atomic mass is 35.5. The molecule has 0 bridgehead atoms. The average Bonchev–Trinajstić information content (AvgIpc) is 2.55. The number of hydrogen-bond acceptors (Lipinski definition) is 5. The first-order valence-electron chi connectivity index (χ1n) is 6.67. The van der Waals surface area contributed by atoms with Crippen molar-refractivity contribution in [3.05, 3.63) is 62.8 Å². The number of alkyl halides is 3. The molecule has 0 aliphatic heterocycles. The van der Waals surface area contributed by atoms with Gasteiger partial charge in [-0.05, 0) is 30.4 Å². The number of carbonyl (C=O) groups excluding carboxylic acids is 1. The number of nitrogens with zero attached hydrogens (tertiary/aromatic N) is 2. The number of nitro groups is 1. The molecule has 1 aromatic heterocycles. The number of benzene rings is 1. The summed E-state index contributed by atoms with van der Waals surface area (Å²) in [5.74, 6) is -0.853. The number of aromatic nitrogens is 1. The van der Waals surface area contributed by atoms with E-state index >= 15 is 0 Å². The monoisotopic (exact) mass is 404 g/mol. The highest BCUT2D eigenvalue weighted by Crippen LogP contribution is 2.32. The van der Waals surface area contributed by atoms with Gasteiger partial charge in [-0.2, -0.15) is 13.2 Å². The molecule has 0 unspecified atom stereocenters. The van der Waals surface area contributed by atoms with E-state index in [1.807, 2.05) is 0 Å². The van der Waals surface area contributed by atoms with Crippen molar-refractivity contribution in [2.45, 2.75) is 6.18 Å². The normalized spacial score (nSPS) is 10.9. The van der Waals surface area contributed by atoms with Crippen LogP contribution in [0.25, 0.3) is 0 Å². The zero-order valence-corrected chi connectivity index (χ0v) is 14.1. The zero-order chi connectivity index (χ0) is 19.5. The largest absolute Gasteiger partial charge is 0.417 e. The summed E-state index contributed by atoms with van der Waals surface area (Å²) in [5, 5.41) is 14.6. The number of pyridine rings is 1. The topological polar surface area (TPSA) is 97.2 Å². The average molecular weight is 405 g/mol. The molecule has 0 aliphatic carbocycles. The van der Waals surface area contributed by atoms with Crippen molar-refractivity contribution in [2.24, 2.45) is 0 Å². The van der Waals surface area contributed by atoms with Crippen LogP contribution in [0, 0.1) is 10.1 Å². The van der Waals surface area contributed by atoms with E-state index in [0.717, 1.165) is 12.1 Å². The Morgan fingerprint density at radius 2 is 1.88 bits per heavy atom. The van der Waals surface area contributed by atoms with Crippen LogP contribution in [0.5, 0.6) is 0 Å². The molecule has 1 amide bonds. The van der Waals surface area contributed by atoms with Crippen molar-refractivity contribution in [1.82, 2.24) is 10.3 Å². The van der Waals surface area contributed by atoms with E-state index in [2.05, 4.69) is 15.6 Å². The lowest BCUT2D eigenvalue weighted by Crippen LogP contribution is -2.34. The van der Waals surface area contributed by atoms with Gasteiger partial charge in [0.25, 0.3) is 11.6 Å². The summed E-state index contributed by atoms with van der Waals surface area (Å²) in [6, 6.07) is 5.38. The number of halogens is 4. The van der Waals surface area contributed by atoms with E-state index < -0.39 is 22.6 Å². The summed E-state index contributed by atoms with van der Waals surface area (Å²) >= 11 is 10.6. The Balaban J connectivity index is 2.04. The summed E-state index contributed by atoms with van der Waals surface area (Å²) in [6.07, 6.45) is -4.03. The van der Waals surface area contributed by atoms with Crippen LogP contribution >= 0.6 is 23.8 Å². The molecule has 1 heterocycles. The summed E-state index contributed by atoms with van der Waals surface area (Å²) < 4.78 is 37.7. The molecule has 2 aromatic rings. The van der Waals surface area contributed by atoms with Gasteiger partial charge >= 0.3 is 6.18 Å². The minimum atomic E-state index is -4.60. The minimum Gasteiger partial charge on any atom is -0.316 e. The Labute approximate surface area is 154 Å². The third kappa shape index (κ3) is 4.86. The second kappa shape index (κ2) is 7.62. The van der Waals surface area contributed by atoms with Gasteiger partial charge < -0.3 is 5.32 Å². The van der Waals surface area contributed by atoms with Gasteiger partial charge in [-0.25, -0.2) is 4.98 Å². The summed E-state index contributed by atoms with van der Waals surface area (Å²) in [6.45, 7) is 0. The van der Waals surface area contributed by atoms with Crippen LogP contribution in [0.1, 0.15) is 15.9 Å². The second-order valence-corrected chi connectivity index (χ2v) is 5.58. The zero-order valence-electron chi connectivity index (χ0n) is 12.5. The third-order valence-corrected chi connectivity index (χ3v) is 3.46. The quantitative estimate of drug-likeness (QED) is 0.459. The second-order valence-electron chi connectivity index (χ2n) is 4.76. The maximum absolute atomic E-state index is 12.6. The molecule has 2 N–H and O–H groups in total. The van der Waals surface area contributed by atoms with Crippen molar-refractivity contribution in [2.75, 3.05) is 5.32 Å². The minimum absolute atomic E-state index is 0.0891. The van der Waals surface area contributed by atoms with Gasteiger partial charge in [-0.15, -0.1) is 0 Å². The molecule has 0 saturated heterocycles. The van der Waals surface area contributed by atoms with Gasteiger partial charge in [0.1, 0.15) is 0 Å². The maximum atomic E-state index is 12.6. The van der Waals surface area contributed by atoms with Crippen LogP contribution in [0.3, 0.4) is 0 Å². The molecule has 26 heavy (non-hydrogen) atoms. The molecule has 136 valence electrons. The molecule has 12 heteroatoms. The standard InChI is InChI=1S/C14H8ClF3N4O3S/c15-10-5-8(14(16,17)18)6-19-11(10)20-13(26)21-12(23)7-1-3-9(4-2-7)22(24)25/h1-6H,(H2,19,20,21,23,26). The lowest BCUT2D eigenvalue weighted by atomic mass is 10.2. The lowest BCUT2D eigenvalue weighted by Gasteiger charge is -2.12. The fourth-order valence-electron chi connectivity index (χ4n) is 1.73. The van der Waals surface area contributed by atoms with Crippen LogP contribution in [-0.2, 0) is 6.18 Å². The van der Waals surface area contributed by atoms with Crippen molar-refractivity contribution < 1.29 is 22.9 Å². The summed E-state index contributed by atoms with van der Waals surface area (Å²) in [4.78, 5) is 25.5. The Morgan fingerprint density at radius 1 is 1.27 bits per heavy atom. The van der Waals surface area contributed by atoms with Crippen LogP contribution in [0.15, 0.2) is 36.5 Å². The highest BCUT2D eigenvalue weighted by Gasteiger charge is 2.31. The van der Waals surface area contributed by atoms with E-state index in [0.29, 0.717) is 12.3 Å². The molecular weight excluding hydrogens is 397 g/mol. The Hall–Kier alpha value is -2.79. The van der Waals surface area contributed by atoms with Crippen LogP contribution in [0.4, 0.5) is 24.7 Å². The predicted octanol–water partition coefficient (Wildman–Crippen LogP) is 3.79. The van der Waals surface area contributed by atoms with Gasteiger partial charge in [-0.3, -0.25) is 20.2 Å². The summed E-state index contributed by atoms with van der Waals surface area (Å²) in [5.41, 5.74) is -1.14. The van der Waals surface area contributed by atoms with E-state index in [1.165, 1.54) is 12.1 Å². The van der Waals surface area contributed by atoms with Gasteiger partial charge in [-0.1, -0.05) is 11.6 Å². The Kier molecular flexibility index (Phi) is 5.73. The number of non-ortho nitro benzene ring substituents is 1. The molecule has 0 radical (unpaired) electrons. The molecule has 1 aromatic carbocycles. The van der Waals surface area contributed by atoms with Gasteiger partial charge in [0.15, 0.2) is 10.9 Å². The van der Waals surface area contributed by atoms with E-state index in [1.54, 1.807) is 0 Å². The number of thiocarbonyl (C=S) groups is 1. The maximum Gasteiger partial charge on any atom is 0.417 e. The van der Waals surface area contributed by atoms with E-state index in [-0.39, 0.29) is 27.2 Å². The molecule has 2 rings (SSSR count). The van der Waals surface area contributed by atoms with Crippen LogP contribution in [0.2, 0.25) is 5.02 Å². The fraction of sp³-hybridized carbons (Fsp3) is 0.0714. The third-order valence-electron chi connectivity index (χ3n) is 2.97. The predicted molar refractivity (Wildman–Crippen MR) is 91.0 cm³/mol. The Bertz CT molecular complexity index is 875. The SMILES string of the molecule is O=C(NC(=S)Nc1ncc(C(F)(F)F)cc1Cl)c1ccc([N+](=O)[O-])cc1. The van der Waals surface area contributed by atoms with Crippen molar-refractivity contribution in [3.8, 4) is 0 Å². The first-order valence-corrected chi connectivity index (χ1v) is 7.46.